The Morgan fingerprint density at radius 2 is 2.07 bits per heavy atom. The molecule has 8 heteroatoms. The van der Waals surface area contributed by atoms with Crippen LogP contribution in [0, 0.1) is 0 Å². The Morgan fingerprint density at radius 1 is 1.18 bits per heavy atom. The lowest BCUT2D eigenvalue weighted by Crippen LogP contribution is -2.30. The van der Waals surface area contributed by atoms with Crippen molar-refractivity contribution in [3.63, 3.8) is 0 Å². The number of ether oxygens (including phenoxy) is 2. The first-order valence-electron chi connectivity index (χ1n) is 8.82. The highest BCUT2D eigenvalue weighted by atomic mass is 35.5. The van der Waals surface area contributed by atoms with E-state index in [9.17, 15) is 0 Å². The monoisotopic (exact) mass is 412 g/mol. The Labute approximate surface area is 170 Å². The van der Waals surface area contributed by atoms with Gasteiger partial charge in [-0.1, -0.05) is 23.7 Å². The third-order valence-electron chi connectivity index (χ3n) is 4.43. The molecule has 1 aliphatic rings. The fraction of sp³-hybridized carbons (Fsp3) is 0.200. The highest BCUT2D eigenvalue weighted by molar-refractivity contribution is 7.14. The number of hydrogen-bond donors (Lipinski definition) is 1. The van der Waals surface area contributed by atoms with Crippen LogP contribution in [0.3, 0.4) is 0 Å². The van der Waals surface area contributed by atoms with Crippen molar-refractivity contribution in [3.8, 4) is 22.2 Å². The summed E-state index contributed by atoms with van der Waals surface area (Å²) in [7, 11) is 0. The van der Waals surface area contributed by atoms with Crippen molar-refractivity contribution in [2.75, 3.05) is 5.32 Å². The minimum absolute atomic E-state index is 0.641. The number of anilines is 1. The minimum Gasteiger partial charge on any atom is -0.448 e. The van der Waals surface area contributed by atoms with Gasteiger partial charge in [-0.25, -0.2) is 0 Å². The van der Waals surface area contributed by atoms with Gasteiger partial charge in [0.2, 0.25) is 5.79 Å². The lowest BCUT2D eigenvalue weighted by Gasteiger charge is -2.17. The lowest BCUT2D eigenvalue weighted by molar-refractivity contribution is -0.0430. The molecule has 0 unspecified atom stereocenters. The third-order valence-corrected chi connectivity index (χ3v) is 5.60. The van der Waals surface area contributed by atoms with Crippen LogP contribution in [0.25, 0.3) is 16.3 Å². The summed E-state index contributed by atoms with van der Waals surface area (Å²) in [5, 5.41) is 14.9. The van der Waals surface area contributed by atoms with Crippen molar-refractivity contribution < 1.29 is 9.47 Å². The van der Waals surface area contributed by atoms with Gasteiger partial charge in [0, 0.05) is 37.0 Å². The molecule has 1 aromatic carbocycles. The van der Waals surface area contributed by atoms with E-state index in [1.54, 1.807) is 0 Å². The van der Waals surface area contributed by atoms with E-state index in [0.717, 1.165) is 44.1 Å². The van der Waals surface area contributed by atoms with Crippen LogP contribution in [-0.4, -0.2) is 20.4 Å². The summed E-state index contributed by atoms with van der Waals surface area (Å²) < 4.78 is 13.7. The fourth-order valence-corrected chi connectivity index (χ4v) is 4.32. The molecule has 1 N–H and O–H groups in total. The van der Waals surface area contributed by atoms with Gasteiger partial charge in [0.1, 0.15) is 4.88 Å². The van der Waals surface area contributed by atoms with Gasteiger partial charge in [-0.15, -0.1) is 21.5 Å². The number of fused-ring (bicyclic) bond motifs is 2. The number of nitrogens with one attached hydrogen (secondary N) is 1. The number of pyridine rings is 1. The largest absolute Gasteiger partial charge is 0.448 e. The summed E-state index contributed by atoms with van der Waals surface area (Å²) in [6.45, 7) is 4.42. The van der Waals surface area contributed by atoms with E-state index < -0.39 is 5.79 Å². The molecule has 6 nitrogen and oxygen atoms in total. The second-order valence-corrected chi connectivity index (χ2v) is 8.30. The Kier molecular flexibility index (Phi) is 3.96. The summed E-state index contributed by atoms with van der Waals surface area (Å²) in [5.41, 5.74) is 2.74. The van der Waals surface area contributed by atoms with Crippen LogP contribution in [0.2, 0.25) is 5.02 Å². The van der Waals surface area contributed by atoms with E-state index in [-0.39, 0.29) is 0 Å². The van der Waals surface area contributed by atoms with E-state index in [0.29, 0.717) is 6.54 Å². The zero-order valence-electron chi connectivity index (χ0n) is 15.3. The second-order valence-electron chi connectivity index (χ2n) is 6.98. The van der Waals surface area contributed by atoms with Crippen molar-refractivity contribution >= 4 is 34.3 Å². The number of aromatic nitrogens is 3. The number of benzene rings is 1. The van der Waals surface area contributed by atoms with Gasteiger partial charge in [-0.3, -0.25) is 4.40 Å². The molecule has 0 atom stereocenters. The maximum absolute atomic E-state index is 6.07. The smallest absolute Gasteiger partial charge is 0.246 e. The molecule has 0 saturated heterocycles. The van der Waals surface area contributed by atoms with Gasteiger partial charge in [0.15, 0.2) is 23.0 Å². The average Bonchev–Trinajstić information content (AvgIpc) is 3.31. The van der Waals surface area contributed by atoms with Crippen LogP contribution < -0.4 is 14.8 Å². The average molecular weight is 413 g/mol. The van der Waals surface area contributed by atoms with Crippen LogP contribution >= 0.6 is 22.9 Å². The molecule has 3 aromatic heterocycles. The molecule has 142 valence electrons. The molecule has 0 amide bonds. The number of rotatable bonds is 4. The molecule has 28 heavy (non-hydrogen) atoms. The van der Waals surface area contributed by atoms with Crippen LogP contribution in [0.4, 0.5) is 5.69 Å². The molecule has 4 heterocycles. The number of hydrogen-bond acceptors (Lipinski definition) is 6. The second kappa shape index (κ2) is 6.39. The van der Waals surface area contributed by atoms with Gasteiger partial charge in [0.05, 0.1) is 5.69 Å². The summed E-state index contributed by atoms with van der Waals surface area (Å²) in [5.74, 6) is 1.53. The van der Waals surface area contributed by atoms with Crippen LogP contribution in [0.15, 0.2) is 48.0 Å². The predicted octanol–water partition coefficient (Wildman–Crippen LogP) is 5.23. The van der Waals surface area contributed by atoms with E-state index in [4.69, 9.17) is 21.1 Å². The summed E-state index contributed by atoms with van der Waals surface area (Å²) >= 11 is 7.61. The first-order chi connectivity index (χ1) is 13.5. The van der Waals surface area contributed by atoms with E-state index in [1.807, 2.05) is 66.2 Å². The van der Waals surface area contributed by atoms with Crippen molar-refractivity contribution in [1.29, 1.82) is 0 Å². The highest BCUT2D eigenvalue weighted by Gasteiger charge is 2.36. The van der Waals surface area contributed by atoms with Crippen molar-refractivity contribution in [2.45, 2.75) is 26.2 Å². The van der Waals surface area contributed by atoms with Crippen molar-refractivity contribution in [3.05, 3.63) is 58.6 Å². The van der Waals surface area contributed by atoms with Gasteiger partial charge in [0.25, 0.3) is 0 Å². The minimum atomic E-state index is -0.669. The first kappa shape index (κ1) is 17.3. The van der Waals surface area contributed by atoms with E-state index in [1.165, 1.54) is 11.3 Å². The predicted molar refractivity (Wildman–Crippen MR) is 110 cm³/mol. The van der Waals surface area contributed by atoms with Gasteiger partial charge in [-0.2, -0.15) is 0 Å². The standard InChI is InChI=1S/C20H17ClN4O2S/c1-20(2)26-15-11-28-17(16(15)27-20)19-24-23-18-14(7-4-8-25(18)19)22-10-12-5-3-6-13(21)9-12/h3-9,11,22H,10H2,1-2H3. The molecule has 0 spiro atoms. The fourth-order valence-electron chi connectivity index (χ4n) is 3.24. The summed E-state index contributed by atoms with van der Waals surface area (Å²) in [4.78, 5) is 0.903. The molecule has 0 bridgehead atoms. The van der Waals surface area contributed by atoms with Crippen molar-refractivity contribution in [1.82, 2.24) is 14.6 Å². The van der Waals surface area contributed by atoms with Crippen molar-refractivity contribution in [2.24, 2.45) is 0 Å². The summed E-state index contributed by atoms with van der Waals surface area (Å²) in [6, 6.07) is 11.7. The summed E-state index contributed by atoms with van der Waals surface area (Å²) in [6.07, 6.45) is 1.95. The highest BCUT2D eigenvalue weighted by Crippen LogP contribution is 2.50. The van der Waals surface area contributed by atoms with E-state index in [2.05, 4.69) is 15.5 Å². The quantitative estimate of drug-likeness (QED) is 0.497. The number of thiophene rings is 1. The number of nitrogens with zero attached hydrogens (tertiary/aromatic N) is 3. The molecular formula is C20H17ClN4O2S. The Balaban J connectivity index is 1.49. The topological polar surface area (TPSA) is 60.7 Å². The van der Waals surface area contributed by atoms with Gasteiger partial charge >= 0.3 is 0 Å². The Hall–Kier alpha value is -2.77. The third kappa shape index (κ3) is 2.96. The number of halogens is 1. The molecule has 0 saturated carbocycles. The molecule has 4 aromatic rings. The van der Waals surface area contributed by atoms with Crippen LogP contribution in [-0.2, 0) is 6.54 Å². The van der Waals surface area contributed by atoms with Gasteiger partial charge in [-0.05, 0) is 29.8 Å². The normalized spacial score (nSPS) is 14.5. The first-order valence-corrected chi connectivity index (χ1v) is 10.1. The maximum atomic E-state index is 6.07. The SMILES string of the molecule is CC1(C)Oc2csc(-c3nnc4c(NCc5cccc(Cl)c5)cccn34)c2O1. The van der Waals surface area contributed by atoms with Gasteiger partial charge < -0.3 is 14.8 Å². The van der Waals surface area contributed by atoms with E-state index >= 15 is 0 Å². The molecule has 0 fully saturated rings. The van der Waals surface area contributed by atoms with Crippen LogP contribution in [0.1, 0.15) is 19.4 Å². The Morgan fingerprint density at radius 3 is 2.93 bits per heavy atom. The molecule has 0 aliphatic carbocycles. The molecule has 0 radical (unpaired) electrons. The van der Waals surface area contributed by atoms with Crippen LogP contribution in [0.5, 0.6) is 11.5 Å². The molecule has 1 aliphatic heterocycles. The molecule has 5 rings (SSSR count). The molecular weight excluding hydrogens is 396 g/mol. The Bertz CT molecular complexity index is 1180. The zero-order chi connectivity index (χ0) is 19.3. The maximum Gasteiger partial charge on any atom is 0.246 e. The lowest BCUT2D eigenvalue weighted by atomic mass is 10.2. The zero-order valence-corrected chi connectivity index (χ0v) is 16.8.